The number of carbonyl (C=O) groups is 1. The van der Waals surface area contributed by atoms with Gasteiger partial charge < -0.3 is 5.32 Å². The molecule has 1 unspecified atom stereocenters. The Morgan fingerprint density at radius 2 is 1.61 bits per heavy atom. The minimum atomic E-state index is -3.47. The number of benzene rings is 2. The van der Waals surface area contributed by atoms with E-state index < -0.39 is 10.0 Å². The third-order valence-corrected chi connectivity index (χ3v) is 9.06. The highest BCUT2D eigenvalue weighted by Crippen LogP contribution is 2.28. The molecule has 0 saturated carbocycles. The Labute approximate surface area is 191 Å². The highest BCUT2D eigenvalue weighted by Gasteiger charge is 2.33. The Morgan fingerprint density at radius 3 is 2.23 bits per heavy atom. The molecule has 2 aromatic carbocycles. The third-order valence-electron chi connectivity index (χ3n) is 5.54. The molecule has 3 aromatic rings. The molecule has 1 atom stereocenters. The first-order valence-electron chi connectivity index (χ1n) is 10.1. The zero-order chi connectivity index (χ0) is 21.8. The summed E-state index contributed by atoms with van der Waals surface area (Å²) in [5, 5.41) is 5.57. The fourth-order valence-electron chi connectivity index (χ4n) is 3.82. The van der Waals surface area contributed by atoms with Gasteiger partial charge in [-0.1, -0.05) is 60.1 Å². The van der Waals surface area contributed by atoms with E-state index >= 15 is 0 Å². The summed E-state index contributed by atoms with van der Waals surface area (Å²) in [5.41, 5.74) is 1.93. The Kier molecular flexibility index (Phi) is 6.77. The van der Waals surface area contributed by atoms with Crippen molar-refractivity contribution >= 4 is 38.9 Å². The average molecular weight is 475 g/mol. The molecule has 1 aliphatic heterocycles. The minimum Gasteiger partial charge on any atom is -0.345 e. The Balaban J connectivity index is 1.46. The van der Waals surface area contributed by atoms with Crippen LogP contribution in [0.5, 0.6) is 0 Å². The molecule has 1 aromatic heterocycles. The molecule has 0 radical (unpaired) electrons. The van der Waals surface area contributed by atoms with Gasteiger partial charge in [-0.15, -0.1) is 11.3 Å². The molecule has 0 spiro atoms. The Morgan fingerprint density at radius 1 is 0.968 bits per heavy atom. The summed E-state index contributed by atoms with van der Waals surface area (Å²) in [7, 11) is -3.47. The lowest BCUT2D eigenvalue weighted by molar-refractivity contribution is -0.126. The number of amides is 1. The molecule has 0 aliphatic carbocycles. The maximum absolute atomic E-state index is 13.1. The second-order valence-corrected chi connectivity index (χ2v) is 11.1. The molecule has 8 heteroatoms. The Hall–Kier alpha value is -2.19. The summed E-state index contributed by atoms with van der Waals surface area (Å²) < 4.78 is 27.3. The summed E-state index contributed by atoms with van der Waals surface area (Å²) in [6.45, 7) is 0.685. The number of halogens is 1. The van der Waals surface area contributed by atoms with Crippen LogP contribution in [0.25, 0.3) is 0 Å². The van der Waals surface area contributed by atoms with Crippen LogP contribution in [-0.2, 0) is 14.8 Å². The van der Waals surface area contributed by atoms with Crippen LogP contribution in [0.15, 0.2) is 76.3 Å². The first-order chi connectivity index (χ1) is 14.9. The van der Waals surface area contributed by atoms with E-state index in [9.17, 15) is 13.2 Å². The van der Waals surface area contributed by atoms with Crippen molar-refractivity contribution in [3.05, 3.63) is 88.3 Å². The second kappa shape index (κ2) is 9.53. The maximum atomic E-state index is 13.1. The monoisotopic (exact) mass is 474 g/mol. The van der Waals surface area contributed by atoms with E-state index in [1.165, 1.54) is 15.6 Å². The number of nitrogens with zero attached hydrogens (tertiary/aromatic N) is 1. The van der Waals surface area contributed by atoms with Crippen molar-refractivity contribution in [3.8, 4) is 0 Å². The molecule has 2 heterocycles. The molecular formula is C23H23ClN2O3S2. The number of nitrogens with one attached hydrogen (secondary N) is 1. The van der Waals surface area contributed by atoms with E-state index in [1.54, 1.807) is 17.5 Å². The van der Waals surface area contributed by atoms with Gasteiger partial charge in [0.05, 0.1) is 6.04 Å². The van der Waals surface area contributed by atoms with E-state index in [4.69, 9.17) is 11.6 Å². The van der Waals surface area contributed by atoms with Gasteiger partial charge in [-0.05, 0) is 47.5 Å². The molecule has 31 heavy (non-hydrogen) atoms. The highest BCUT2D eigenvalue weighted by molar-refractivity contribution is 7.91. The molecule has 162 valence electrons. The molecular weight excluding hydrogens is 452 g/mol. The molecule has 1 amide bonds. The standard InChI is InChI=1S/C23H23ClN2O3S2/c24-20-10-8-18(9-11-20)22(17-5-2-1-3-6-17)25-23(27)19-12-14-26(15-13-19)31(28,29)21-7-4-16-30-21/h1-11,16,19,22H,12-15H2,(H,25,27). The molecule has 4 rings (SSSR count). The summed E-state index contributed by atoms with van der Waals surface area (Å²) >= 11 is 7.25. The fraction of sp³-hybridized carbons (Fsp3) is 0.261. The maximum Gasteiger partial charge on any atom is 0.252 e. The largest absolute Gasteiger partial charge is 0.345 e. The highest BCUT2D eigenvalue weighted by atomic mass is 35.5. The van der Waals surface area contributed by atoms with Crippen LogP contribution in [0.3, 0.4) is 0 Å². The van der Waals surface area contributed by atoms with Gasteiger partial charge in [0, 0.05) is 24.0 Å². The van der Waals surface area contributed by atoms with E-state index in [0.717, 1.165) is 11.1 Å². The van der Waals surface area contributed by atoms with Crippen LogP contribution in [0.2, 0.25) is 5.02 Å². The van der Waals surface area contributed by atoms with Crippen LogP contribution >= 0.6 is 22.9 Å². The predicted molar refractivity (Wildman–Crippen MR) is 124 cm³/mol. The van der Waals surface area contributed by atoms with Crippen molar-refractivity contribution in [3.63, 3.8) is 0 Å². The van der Waals surface area contributed by atoms with Gasteiger partial charge >= 0.3 is 0 Å². The van der Waals surface area contributed by atoms with Crippen LogP contribution in [0.4, 0.5) is 0 Å². The smallest absolute Gasteiger partial charge is 0.252 e. The van der Waals surface area contributed by atoms with E-state index in [1.807, 2.05) is 54.6 Å². The van der Waals surface area contributed by atoms with Crippen molar-refractivity contribution in [1.29, 1.82) is 0 Å². The molecule has 1 aliphatic rings. The summed E-state index contributed by atoms with van der Waals surface area (Å²) in [6, 6.07) is 20.3. The van der Waals surface area contributed by atoms with Gasteiger partial charge in [0.1, 0.15) is 4.21 Å². The van der Waals surface area contributed by atoms with E-state index in [2.05, 4.69) is 5.32 Å². The molecule has 1 N–H and O–H groups in total. The minimum absolute atomic E-state index is 0.0584. The van der Waals surface area contributed by atoms with Crippen LogP contribution < -0.4 is 5.32 Å². The fourth-order valence-corrected chi connectivity index (χ4v) is 6.56. The molecule has 1 fully saturated rings. The van der Waals surface area contributed by atoms with Gasteiger partial charge in [0.2, 0.25) is 5.91 Å². The number of hydrogen-bond donors (Lipinski definition) is 1. The summed E-state index contributed by atoms with van der Waals surface area (Å²) in [5.74, 6) is -0.287. The van der Waals surface area contributed by atoms with Crippen LogP contribution in [-0.4, -0.2) is 31.7 Å². The first-order valence-corrected chi connectivity index (χ1v) is 12.8. The van der Waals surface area contributed by atoms with E-state index in [0.29, 0.717) is 35.2 Å². The van der Waals surface area contributed by atoms with Crippen LogP contribution in [0.1, 0.15) is 30.0 Å². The number of thiophene rings is 1. The SMILES string of the molecule is O=C(NC(c1ccccc1)c1ccc(Cl)cc1)C1CCN(S(=O)(=O)c2cccs2)CC1. The lowest BCUT2D eigenvalue weighted by Crippen LogP contribution is -2.43. The van der Waals surface area contributed by atoms with Gasteiger partial charge in [-0.2, -0.15) is 4.31 Å². The van der Waals surface area contributed by atoms with Gasteiger partial charge in [-0.3, -0.25) is 4.79 Å². The van der Waals surface area contributed by atoms with E-state index in [-0.39, 0.29) is 17.9 Å². The Bertz CT molecular complexity index is 1110. The third kappa shape index (κ3) is 5.01. The van der Waals surface area contributed by atoms with Gasteiger partial charge in [0.15, 0.2) is 0 Å². The normalized spacial score (nSPS) is 16.7. The average Bonchev–Trinajstić information content (AvgIpc) is 3.35. The second-order valence-electron chi connectivity index (χ2n) is 7.51. The zero-order valence-electron chi connectivity index (χ0n) is 16.8. The van der Waals surface area contributed by atoms with Gasteiger partial charge in [-0.25, -0.2) is 8.42 Å². The zero-order valence-corrected chi connectivity index (χ0v) is 19.2. The lowest BCUT2D eigenvalue weighted by Gasteiger charge is -2.31. The van der Waals surface area contributed by atoms with Crippen molar-refractivity contribution in [2.75, 3.05) is 13.1 Å². The predicted octanol–water partition coefficient (Wildman–Crippen LogP) is 4.71. The number of hydrogen-bond acceptors (Lipinski definition) is 4. The summed E-state index contributed by atoms with van der Waals surface area (Å²) in [6.07, 6.45) is 0.997. The molecule has 0 bridgehead atoms. The van der Waals surface area contributed by atoms with Crippen molar-refractivity contribution in [2.24, 2.45) is 5.92 Å². The summed E-state index contributed by atoms with van der Waals surface area (Å²) in [4.78, 5) is 13.1. The number of carbonyl (C=O) groups excluding carboxylic acids is 1. The number of rotatable bonds is 6. The van der Waals surface area contributed by atoms with Crippen LogP contribution in [0, 0.1) is 5.92 Å². The lowest BCUT2D eigenvalue weighted by atomic mass is 9.94. The van der Waals surface area contributed by atoms with Crippen molar-refractivity contribution in [1.82, 2.24) is 9.62 Å². The van der Waals surface area contributed by atoms with Crippen molar-refractivity contribution < 1.29 is 13.2 Å². The topological polar surface area (TPSA) is 66.5 Å². The quantitative estimate of drug-likeness (QED) is 0.562. The number of sulfonamides is 1. The molecule has 5 nitrogen and oxygen atoms in total. The first kappa shape index (κ1) is 22.0. The molecule has 1 saturated heterocycles. The number of piperidine rings is 1. The van der Waals surface area contributed by atoms with Gasteiger partial charge in [0.25, 0.3) is 10.0 Å². The van der Waals surface area contributed by atoms with Crippen molar-refractivity contribution in [2.45, 2.75) is 23.1 Å².